The molecule has 0 aliphatic heterocycles. The second-order valence-electron chi connectivity index (χ2n) is 5.10. The number of benzene rings is 1. The summed E-state index contributed by atoms with van der Waals surface area (Å²) in [6.07, 6.45) is 4.96. The highest BCUT2D eigenvalue weighted by Gasteiger charge is 2.13. The maximum absolute atomic E-state index is 4.61. The van der Waals surface area contributed by atoms with E-state index < -0.39 is 0 Å². The zero-order valence-electron chi connectivity index (χ0n) is 11.4. The molecule has 22 heavy (non-hydrogen) atoms. The molecule has 0 fully saturated rings. The Bertz CT molecular complexity index is 1140. The van der Waals surface area contributed by atoms with Gasteiger partial charge in [0.05, 0.1) is 17.6 Å². The van der Waals surface area contributed by atoms with Crippen molar-refractivity contribution in [2.45, 2.75) is 0 Å². The average Bonchev–Trinajstić information content (AvgIpc) is 3.17. The molecule has 4 aromatic heterocycles. The van der Waals surface area contributed by atoms with Crippen LogP contribution in [-0.4, -0.2) is 9.97 Å². The maximum Gasteiger partial charge on any atom is 0.0987 e. The lowest BCUT2D eigenvalue weighted by molar-refractivity contribution is 1.28. The number of nitrogens with zero attached hydrogens (tertiary/aromatic N) is 2. The number of aromatic nitrogens is 2. The van der Waals surface area contributed by atoms with Crippen molar-refractivity contribution < 1.29 is 0 Å². The molecule has 0 saturated carbocycles. The molecule has 103 valence electrons. The molecule has 5 rings (SSSR count). The number of thiophene rings is 2. The van der Waals surface area contributed by atoms with E-state index in [-0.39, 0.29) is 0 Å². The molecule has 2 nitrogen and oxygen atoms in total. The fourth-order valence-corrected chi connectivity index (χ4v) is 4.67. The second-order valence-corrected chi connectivity index (χ2v) is 7.13. The summed E-state index contributed by atoms with van der Waals surface area (Å²) in [5.41, 5.74) is 1.84. The number of pyridine rings is 2. The van der Waals surface area contributed by atoms with Gasteiger partial charge >= 0.3 is 0 Å². The van der Waals surface area contributed by atoms with Crippen molar-refractivity contribution in [1.82, 2.24) is 9.97 Å². The van der Waals surface area contributed by atoms with Gasteiger partial charge in [-0.05, 0) is 29.6 Å². The highest BCUT2D eigenvalue weighted by Crippen LogP contribution is 2.38. The van der Waals surface area contributed by atoms with Crippen LogP contribution in [0.25, 0.3) is 41.6 Å². The van der Waals surface area contributed by atoms with Gasteiger partial charge in [0.25, 0.3) is 0 Å². The van der Waals surface area contributed by atoms with E-state index in [1.807, 2.05) is 12.3 Å². The third kappa shape index (κ3) is 1.71. The summed E-state index contributed by atoms with van der Waals surface area (Å²) < 4.78 is 3.72. The minimum atomic E-state index is 0.917. The van der Waals surface area contributed by atoms with Crippen LogP contribution in [0.2, 0.25) is 0 Å². The first kappa shape index (κ1) is 12.3. The van der Waals surface area contributed by atoms with Gasteiger partial charge in [0.15, 0.2) is 0 Å². The summed E-state index contributed by atoms with van der Waals surface area (Å²) in [5.74, 6) is 0. The highest BCUT2D eigenvalue weighted by atomic mass is 32.1. The van der Waals surface area contributed by atoms with E-state index in [1.54, 1.807) is 22.7 Å². The summed E-state index contributed by atoms with van der Waals surface area (Å²) in [4.78, 5) is 9.13. The SMILES string of the molecule is [c]1cc2sc3ccccc3c2c(-c2cc3sccc3cn2)n1. The monoisotopic (exact) mass is 317 g/mol. The molecule has 0 atom stereocenters. The van der Waals surface area contributed by atoms with Crippen molar-refractivity contribution in [3.8, 4) is 11.4 Å². The molecule has 0 spiro atoms. The van der Waals surface area contributed by atoms with Gasteiger partial charge in [-0.15, -0.1) is 22.7 Å². The molecular weight excluding hydrogens is 308 g/mol. The van der Waals surface area contributed by atoms with E-state index in [1.165, 1.54) is 30.3 Å². The third-order valence-corrected chi connectivity index (χ3v) is 5.81. The van der Waals surface area contributed by atoms with Gasteiger partial charge in [-0.25, -0.2) is 4.98 Å². The molecule has 5 aromatic rings. The van der Waals surface area contributed by atoms with Crippen molar-refractivity contribution in [1.29, 1.82) is 0 Å². The topological polar surface area (TPSA) is 25.8 Å². The Morgan fingerprint density at radius 1 is 1.00 bits per heavy atom. The van der Waals surface area contributed by atoms with Gasteiger partial charge in [-0.2, -0.15) is 0 Å². The predicted molar refractivity (Wildman–Crippen MR) is 94.6 cm³/mol. The van der Waals surface area contributed by atoms with Crippen molar-refractivity contribution in [2.75, 3.05) is 0 Å². The van der Waals surface area contributed by atoms with Crippen LogP contribution in [0.15, 0.2) is 54.0 Å². The summed E-state index contributed by atoms with van der Waals surface area (Å²) in [5, 5.41) is 5.70. The molecule has 0 aliphatic carbocycles. The largest absolute Gasteiger partial charge is 0.254 e. The van der Waals surface area contributed by atoms with E-state index >= 15 is 0 Å². The zero-order chi connectivity index (χ0) is 14.5. The summed E-state index contributed by atoms with van der Waals surface area (Å²) in [6, 6.07) is 14.6. The fourth-order valence-electron chi connectivity index (χ4n) is 2.79. The van der Waals surface area contributed by atoms with Crippen LogP contribution in [0, 0.1) is 6.20 Å². The Hall–Kier alpha value is -2.30. The van der Waals surface area contributed by atoms with Gasteiger partial charge in [0, 0.05) is 36.5 Å². The number of fused-ring (bicyclic) bond motifs is 4. The Morgan fingerprint density at radius 3 is 2.95 bits per heavy atom. The van der Waals surface area contributed by atoms with E-state index in [9.17, 15) is 0 Å². The Balaban J connectivity index is 1.90. The van der Waals surface area contributed by atoms with Gasteiger partial charge in [0.2, 0.25) is 0 Å². The molecule has 1 radical (unpaired) electrons. The van der Waals surface area contributed by atoms with Crippen molar-refractivity contribution >= 4 is 52.9 Å². The standard InChI is InChI=1S/C18H9N2S2/c1-2-4-14-12(3-1)17-15(22-14)5-7-19-18(17)13-9-16-11(10-20-13)6-8-21-16/h1-6,8-10H. The lowest BCUT2D eigenvalue weighted by Crippen LogP contribution is -1.87. The first-order valence-electron chi connectivity index (χ1n) is 6.92. The molecule has 0 saturated heterocycles. The molecule has 0 N–H and O–H groups in total. The molecule has 4 heteroatoms. The van der Waals surface area contributed by atoms with Crippen LogP contribution < -0.4 is 0 Å². The second kappa shape index (κ2) is 4.60. The van der Waals surface area contributed by atoms with Crippen LogP contribution in [-0.2, 0) is 0 Å². The van der Waals surface area contributed by atoms with Gasteiger partial charge < -0.3 is 0 Å². The Morgan fingerprint density at radius 2 is 1.95 bits per heavy atom. The fraction of sp³-hybridized carbons (Fsp3) is 0. The quantitative estimate of drug-likeness (QED) is 0.406. The molecule has 0 aliphatic rings. The van der Waals surface area contributed by atoms with Gasteiger partial charge in [-0.3, -0.25) is 4.98 Å². The summed E-state index contributed by atoms with van der Waals surface area (Å²) >= 11 is 3.51. The molecule has 1 aromatic carbocycles. The molecule has 0 unspecified atom stereocenters. The number of hydrogen-bond donors (Lipinski definition) is 0. The van der Waals surface area contributed by atoms with Crippen molar-refractivity contribution in [2.24, 2.45) is 0 Å². The lowest BCUT2D eigenvalue weighted by atomic mass is 10.1. The minimum absolute atomic E-state index is 0.917. The number of rotatable bonds is 1. The van der Waals surface area contributed by atoms with Crippen LogP contribution in [0.4, 0.5) is 0 Å². The Kier molecular flexibility index (Phi) is 2.56. The van der Waals surface area contributed by atoms with Crippen LogP contribution >= 0.6 is 22.7 Å². The normalized spacial score (nSPS) is 11.6. The predicted octanol–water partition coefficient (Wildman–Crippen LogP) is 5.53. The van der Waals surface area contributed by atoms with E-state index in [0.29, 0.717) is 0 Å². The first-order chi connectivity index (χ1) is 10.9. The van der Waals surface area contributed by atoms with E-state index in [4.69, 9.17) is 0 Å². The zero-order valence-corrected chi connectivity index (χ0v) is 13.0. The van der Waals surface area contributed by atoms with Crippen molar-refractivity contribution in [3.05, 3.63) is 60.2 Å². The lowest BCUT2D eigenvalue weighted by Gasteiger charge is -2.02. The summed E-state index contributed by atoms with van der Waals surface area (Å²) in [6.45, 7) is 0. The van der Waals surface area contributed by atoms with E-state index in [0.717, 1.165) is 11.4 Å². The molecule has 0 bridgehead atoms. The van der Waals surface area contributed by atoms with Crippen LogP contribution in [0.3, 0.4) is 0 Å². The maximum atomic E-state index is 4.61. The van der Waals surface area contributed by atoms with Crippen molar-refractivity contribution in [3.63, 3.8) is 0 Å². The Labute approximate surface area is 134 Å². The summed E-state index contributed by atoms with van der Waals surface area (Å²) in [7, 11) is 0. The molecular formula is C18H9N2S2. The molecule has 4 heterocycles. The smallest absolute Gasteiger partial charge is 0.0987 e. The van der Waals surface area contributed by atoms with Crippen LogP contribution in [0.1, 0.15) is 0 Å². The minimum Gasteiger partial charge on any atom is -0.254 e. The third-order valence-electron chi connectivity index (χ3n) is 3.81. The van der Waals surface area contributed by atoms with Crippen LogP contribution in [0.5, 0.6) is 0 Å². The average molecular weight is 317 g/mol. The number of hydrogen-bond acceptors (Lipinski definition) is 4. The van der Waals surface area contributed by atoms with Gasteiger partial charge in [0.1, 0.15) is 0 Å². The van der Waals surface area contributed by atoms with E-state index in [2.05, 4.69) is 57.9 Å². The first-order valence-corrected chi connectivity index (χ1v) is 8.62. The van der Waals surface area contributed by atoms with Gasteiger partial charge in [-0.1, -0.05) is 18.2 Å². The highest BCUT2D eigenvalue weighted by molar-refractivity contribution is 7.25. The molecule has 0 amide bonds.